The van der Waals surface area contributed by atoms with E-state index in [1.165, 1.54) is 12.8 Å². The van der Waals surface area contributed by atoms with Crippen molar-refractivity contribution in [1.82, 2.24) is 0 Å². The summed E-state index contributed by atoms with van der Waals surface area (Å²) in [6.45, 7) is 4.07. The molecule has 1 aliphatic rings. The average Bonchev–Trinajstić information content (AvgIpc) is 3.00. The Hall–Kier alpha value is -1.38. The number of rotatable bonds is 5. The van der Waals surface area contributed by atoms with Crippen LogP contribution in [0.5, 0.6) is 11.5 Å². The third-order valence-electron chi connectivity index (χ3n) is 2.60. The van der Waals surface area contributed by atoms with Gasteiger partial charge in [0.2, 0.25) is 0 Å². The van der Waals surface area contributed by atoms with Crippen molar-refractivity contribution in [3.05, 3.63) is 18.2 Å². The van der Waals surface area contributed by atoms with Crippen LogP contribution in [0.25, 0.3) is 0 Å². The molecule has 0 amide bonds. The first-order valence-electron chi connectivity index (χ1n) is 6.21. The highest BCUT2D eigenvalue weighted by molar-refractivity contribution is 5.60. The summed E-state index contributed by atoms with van der Waals surface area (Å²) in [4.78, 5) is 2.05. The van der Waals surface area contributed by atoms with Gasteiger partial charge in [0.15, 0.2) is 0 Å². The predicted molar refractivity (Wildman–Crippen MR) is 70.2 cm³/mol. The normalized spacial score (nSPS) is 14.9. The maximum absolute atomic E-state index is 5.83. The molecule has 2 rings (SSSR count). The van der Waals surface area contributed by atoms with Crippen molar-refractivity contribution in [3.63, 3.8) is 0 Å². The van der Waals surface area contributed by atoms with Crippen LogP contribution in [0.2, 0.25) is 0 Å². The van der Waals surface area contributed by atoms with Gasteiger partial charge < -0.3 is 14.4 Å². The molecule has 0 spiro atoms. The Bertz CT molecular complexity index is 384. The van der Waals surface area contributed by atoms with Crippen LogP contribution in [0.4, 0.5) is 5.69 Å². The van der Waals surface area contributed by atoms with E-state index in [1.54, 1.807) is 0 Å². The van der Waals surface area contributed by atoms with Gasteiger partial charge in [-0.1, -0.05) is 0 Å². The van der Waals surface area contributed by atoms with Crippen LogP contribution in [-0.2, 0) is 0 Å². The summed E-state index contributed by atoms with van der Waals surface area (Å²) in [6, 6.07) is 6.06. The van der Waals surface area contributed by atoms with Crippen LogP contribution in [0.3, 0.4) is 0 Å². The minimum atomic E-state index is 0.171. The monoisotopic (exact) mass is 235 g/mol. The molecule has 0 atom stereocenters. The number of anilines is 1. The smallest absolute Gasteiger partial charge is 0.146 e. The Labute approximate surface area is 103 Å². The van der Waals surface area contributed by atoms with Crippen LogP contribution in [0, 0.1) is 0 Å². The zero-order chi connectivity index (χ0) is 12.4. The van der Waals surface area contributed by atoms with E-state index in [0.29, 0.717) is 6.10 Å². The molecule has 1 saturated carbocycles. The Morgan fingerprint density at radius 2 is 1.94 bits per heavy atom. The fourth-order valence-electron chi connectivity index (χ4n) is 1.66. The highest BCUT2D eigenvalue weighted by Gasteiger charge is 2.24. The fraction of sp³-hybridized carbons (Fsp3) is 0.571. The largest absolute Gasteiger partial charge is 0.490 e. The maximum Gasteiger partial charge on any atom is 0.146 e. The van der Waals surface area contributed by atoms with Gasteiger partial charge in [-0.15, -0.1) is 0 Å². The standard InChI is InChI=1S/C14H21NO2/c1-10(2)16-14-9-12(17-11-5-6-11)7-8-13(14)15(3)4/h7-11H,5-6H2,1-4H3. The van der Waals surface area contributed by atoms with Crippen LogP contribution in [0.1, 0.15) is 26.7 Å². The quantitative estimate of drug-likeness (QED) is 0.783. The van der Waals surface area contributed by atoms with Crippen LogP contribution in [0.15, 0.2) is 18.2 Å². The van der Waals surface area contributed by atoms with E-state index in [-0.39, 0.29) is 6.10 Å². The van der Waals surface area contributed by atoms with Gasteiger partial charge in [0.25, 0.3) is 0 Å². The molecule has 0 aromatic heterocycles. The summed E-state index contributed by atoms with van der Waals surface area (Å²) in [7, 11) is 4.04. The maximum atomic E-state index is 5.83. The van der Waals surface area contributed by atoms with E-state index in [4.69, 9.17) is 9.47 Å². The SMILES string of the molecule is CC(C)Oc1cc(OC2CC2)ccc1N(C)C. The molecule has 0 heterocycles. The van der Waals surface area contributed by atoms with Gasteiger partial charge in [0.1, 0.15) is 11.5 Å². The van der Waals surface area contributed by atoms with Gasteiger partial charge in [-0.3, -0.25) is 0 Å². The summed E-state index contributed by atoms with van der Waals surface area (Å²) >= 11 is 0. The van der Waals surface area contributed by atoms with E-state index in [1.807, 2.05) is 40.1 Å². The molecule has 94 valence electrons. The van der Waals surface area contributed by atoms with Crippen molar-refractivity contribution in [3.8, 4) is 11.5 Å². The minimum absolute atomic E-state index is 0.171. The molecule has 17 heavy (non-hydrogen) atoms. The zero-order valence-corrected chi connectivity index (χ0v) is 11.1. The van der Waals surface area contributed by atoms with Crippen molar-refractivity contribution >= 4 is 5.69 Å². The van der Waals surface area contributed by atoms with Crippen molar-refractivity contribution in [1.29, 1.82) is 0 Å². The molecule has 1 aromatic carbocycles. The second-order valence-electron chi connectivity index (χ2n) is 5.01. The lowest BCUT2D eigenvalue weighted by molar-refractivity contribution is 0.240. The lowest BCUT2D eigenvalue weighted by Crippen LogP contribution is -2.13. The summed E-state index contributed by atoms with van der Waals surface area (Å²) in [5, 5.41) is 0. The first kappa shape index (κ1) is 12.1. The Balaban J connectivity index is 2.20. The van der Waals surface area contributed by atoms with Crippen molar-refractivity contribution in [2.24, 2.45) is 0 Å². The van der Waals surface area contributed by atoms with E-state index in [9.17, 15) is 0 Å². The fourth-order valence-corrected chi connectivity index (χ4v) is 1.66. The summed E-state index contributed by atoms with van der Waals surface area (Å²) in [5.41, 5.74) is 1.09. The second-order valence-corrected chi connectivity index (χ2v) is 5.01. The lowest BCUT2D eigenvalue weighted by atomic mass is 10.2. The Morgan fingerprint density at radius 3 is 2.47 bits per heavy atom. The topological polar surface area (TPSA) is 21.7 Å². The lowest BCUT2D eigenvalue weighted by Gasteiger charge is -2.20. The molecule has 0 saturated heterocycles. The van der Waals surface area contributed by atoms with E-state index in [2.05, 4.69) is 11.0 Å². The van der Waals surface area contributed by atoms with E-state index in [0.717, 1.165) is 17.2 Å². The molecule has 0 radical (unpaired) electrons. The average molecular weight is 235 g/mol. The Morgan fingerprint density at radius 1 is 1.24 bits per heavy atom. The van der Waals surface area contributed by atoms with Crippen molar-refractivity contribution < 1.29 is 9.47 Å². The second kappa shape index (κ2) is 4.86. The zero-order valence-electron chi connectivity index (χ0n) is 11.1. The van der Waals surface area contributed by atoms with Gasteiger partial charge in [0.05, 0.1) is 17.9 Å². The van der Waals surface area contributed by atoms with Crippen LogP contribution in [-0.4, -0.2) is 26.3 Å². The van der Waals surface area contributed by atoms with Crippen LogP contribution >= 0.6 is 0 Å². The van der Waals surface area contributed by atoms with E-state index < -0.39 is 0 Å². The van der Waals surface area contributed by atoms with Gasteiger partial charge in [-0.25, -0.2) is 0 Å². The molecule has 1 aromatic rings. The highest BCUT2D eigenvalue weighted by Crippen LogP contribution is 2.34. The first-order chi connectivity index (χ1) is 8.06. The summed E-state index contributed by atoms with van der Waals surface area (Å²) < 4.78 is 11.6. The molecule has 0 aliphatic heterocycles. The minimum Gasteiger partial charge on any atom is -0.490 e. The number of benzene rings is 1. The molecule has 0 bridgehead atoms. The number of hydrogen-bond acceptors (Lipinski definition) is 3. The molecule has 1 aliphatic carbocycles. The number of nitrogens with zero attached hydrogens (tertiary/aromatic N) is 1. The number of ether oxygens (including phenoxy) is 2. The molecular weight excluding hydrogens is 214 g/mol. The van der Waals surface area contributed by atoms with Crippen LogP contribution < -0.4 is 14.4 Å². The Kier molecular flexibility index (Phi) is 3.46. The molecular formula is C14H21NO2. The summed E-state index contributed by atoms with van der Waals surface area (Å²) in [6.07, 6.45) is 2.95. The van der Waals surface area contributed by atoms with Gasteiger partial charge in [-0.2, -0.15) is 0 Å². The van der Waals surface area contributed by atoms with Crippen molar-refractivity contribution in [2.75, 3.05) is 19.0 Å². The first-order valence-corrected chi connectivity index (χ1v) is 6.21. The molecule has 3 heteroatoms. The van der Waals surface area contributed by atoms with Gasteiger partial charge in [-0.05, 0) is 38.8 Å². The third-order valence-corrected chi connectivity index (χ3v) is 2.60. The highest BCUT2D eigenvalue weighted by atomic mass is 16.5. The summed E-state index contributed by atoms with van der Waals surface area (Å²) in [5.74, 6) is 1.80. The van der Waals surface area contributed by atoms with E-state index >= 15 is 0 Å². The molecule has 0 N–H and O–H groups in total. The number of hydrogen-bond donors (Lipinski definition) is 0. The van der Waals surface area contributed by atoms with Crippen molar-refractivity contribution in [2.45, 2.75) is 38.9 Å². The molecule has 1 fully saturated rings. The van der Waals surface area contributed by atoms with Gasteiger partial charge in [0, 0.05) is 20.2 Å². The predicted octanol–water partition coefficient (Wildman–Crippen LogP) is 3.08. The molecule has 0 unspecified atom stereocenters. The third kappa shape index (κ3) is 3.29. The van der Waals surface area contributed by atoms with Gasteiger partial charge >= 0.3 is 0 Å². The molecule has 3 nitrogen and oxygen atoms in total.